The van der Waals surface area contributed by atoms with Gasteiger partial charge in [-0.05, 0) is 46.2 Å². The molecule has 12 heteroatoms. The Labute approximate surface area is 231 Å². The minimum Gasteiger partial charge on any atom is -0.386 e. The fourth-order valence-electron chi connectivity index (χ4n) is 5.84. The zero-order valence-corrected chi connectivity index (χ0v) is 23.3. The fraction of sp³-hybridized carbons (Fsp3) is 0.593. The number of imidazole rings is 1. The number of halogens is 2. The maximum absolute atomic E-state index is 15.7. The second-order valence-electron chi connectivity index (χ2n) is 11.2. The molecule has 0 aliphatic carbocycles. The highest BCUT2D eigenvalue weighted by Gasteiger charge is 2.43. The Hall–Kier alpha value is -2.41. The van der Waals surface area contributed by atoms with E-state index in [1.165, 1.54) is 12.3 Å². The Morgan fingerprint density at radius 3 is 2.72 bits per heavy atom. The summed E-state index contributed by atoms with van der Waals surface area (Å²) in [6, 6.07) is 2.99. The average Bonchev–Trinajstić information content (AvgIpc) is 3.52. The van der Waals surface area contributed by atoms with Crippen LogP contribution in [0.2, 0.25) is 5.02 Å². The smallest absolute Gasteiger partial charge is 0.223 e. The lowest BCUT2D eigenvalue weighted by Gasteiger charge is -2.40. The lowest BCUT2D eigenvalue weighted by Crippen LogP contribution is -2.49. The molecule has 210 valence electrons. The zero-order chi connectivity index (χ0) is 27.5. The minimum atomic E-state index is -0.867. The van der Waals surface area contributed by atoms with E-state index in [-0.39, 0.29) is 24.1 Å². The van der Waals surface area contributed by atoms with Crippen molar-refractivity contribution in [3.05, 3.63) is 35.0 Å². The highest BCUT2D eigenvalue weighted by Crippen LogP contribution is 2.37. The first-order chi connectivity index (χ1) is 18.6. The van der Waals surface area contributed by atoms with Crippen molar-refractivity contribution in [1.29, 1.82) is 0 Å². The standard InChI is InChI=1S/C27H34ClFN6O4/c1-14(2)35-20-10-15(9-18(29)22(20)32-25(35)27(3,4)34-5-7-37-8-6-34)21-17(28)12-30-26(33-21)31-19-11-16-13-38-24(39-16)23(19)36/h9-10,12,14,16,19,23-24,36H,5-8,11,13H2,1-4H3,(H,30,31,33)/t16-,19+,23-,24+/m0/s1. The summed E-state index contributed by atoms with van der Waals surface area (Å²) in [4.78, 5) is 16.1. The first kappa shape index (κ1) is 26.8. The van der Waals surface area contributed by atoms with Crippen LogP contribution in [0.5, 0.6) is 0 Å². The van der Waals surface area contributed by atoms with Crippen molar-refractivity contribution in [3.8, 4) is 11.3 Å². The summed E-state index contributed by atoms with van der Waals surface area (Å²) < 4.78 is 34.4. The molecule has 0 unspecified atom stereocenters. The normalized spacial score (nSPS) is 26.1. The molecular weight excluding hydrogens is 527 g/mol. The Bertz CT molecular complexity index is 1380. The number of fused-ring (bicyclic) bond motifs is 3. The molecule has 0 amide bonds. The van der Waals surface area contributed by atoms with Crippen LogP contribution in [0.15, 0.2) is 18.3 Å². The first-order valence-corrected chi connectivity index (χ1v) is 13.8. The molecule has 2 bridgehead atoms. The number of aromatic nitrogens is 4. The van der Waals surface area contributed by atoms with Crippen LogP contribution in [0.1, 0.15) is 46.0 Å². The summed E-state index contributed by atoms with van der Waals surface area (Å²) in [5, 5.41) is 14.1. The SMILES string of the molecule is CC(C)n1c(C(C)(C)N2CCOCC2)nc2c(F)cc(-c3nc(N[C@@H]4C[C@H]5CO[C@H](O5)[C@H]4O)ncc3Cl)cc21. The predicted molar refractivity (Wildman–Crippen MR) is 144 cm³/mol. The Kier molecular flexibility index (Phi) is 7.01. The van der Waals surface area contributed by atoms with E-state index in [9.17, 15) is 5.11 Å². The molecule has 3 aromatic rings. The van der Waals surface area contributed by atoms with Gasteiger partial charge in [-0.15, -0.1) is 0 Å². The fourth-order valence-corrected chi connectivity index (χ4v) is 6.04. The number of morpholine rings is 1. The van der Waals surface area contributed by atoms with Gasteiger partial charge in [-0.2, -0.15) is 0 Å². The quantitative estimate of drug-likeness (QED) is 0.466. The number of rotatable bonds is 6. The number of hydrogen-bond donors (Lipinski definition) is 2. The van der Waals surface area contributed by atoms with E-state index in [1.54, 1.807) is 0 Å². The summed E-state index contributed by atoms with van der Waals surface area (Å²) in [5.74, 6) is 0.636. The monoisotopic (exact) mass is 560 g/mol. The van der Waals surface area contributed by atoms with Crippen LogP contribution in [-0.2, 0) is 19.7 Å². The highest BCUT2D eigenvalue weighted by molar-refractivity contribution is 6.33. The molecule has 3 aliphatic heterocycles. The number of benzene rings is 1. The molecule has 4 atom stereocenters. The van der Waals surface area contributed by atoms with E-state index in [0.29, 0.717) is 53.6 Å². The van der Waals surface area contributed by atoms with Gasteiger partial charge < -0.3 is 29.2 Å². The van der Waals surface area contributed by atoms with E-state index < -0.39 is 23.8 Å². The molecule has 3 saturated heterocycles. The summed E-state index contributed by atoms with van der Waals surface area (Å²) in [7, 11) is 0. The average molecular weight is 561 g/mol. The largest absolute Gasteiger partial charge is 0.386 e. The van der Waals surface area contributed by atoms with Crippen LogP contribution < -0.4 is 5.32 Å². The van der Waals surface area contributed by atoms with E-state index in [4.69, 9.17) is 30.8 Å². The molecule has 39 heavy (non-hydrogen) atoms. The van der Waals surface area contributed by atoms with Crippen molar-refractivity contribution in [2.24, 2.45) is 0 Å². The van der Waals surface area contributed by atoms with Crippen molar-refractivity contribution in [1.82, 2.24) is 24.4 Å². The van der Waals surface area contributed by atoms with Gasteiger partial charge >= 0.3 is 0 Å². The maximum Gasteiger partial charge on any atom is 0.223 e. The Morgan fingerprint density at radius 1 is 1.21 bits per heavy atom. The van der Waals surface area contributed by atoms with Gasteiger partial charge in [0.05, 0.1) is 59.9 Å². The third-order valence-corrected chi connectivity index (χ3v) is 8.20. The van der Waals surface area contributed by atoms with Gasteiger partial charge in [-0.3, -0.25) is 4.90 Å². The third-order valence-electron chi connectivity index (χ3n) is 7.93. The van der Waals surface area contributed by atoms with Gasteiger partial charge in [-0.25, -0.2) is 19.3 Å². The predicted octanol–water partition coefficient (Wildman–Crippen LogP) is 3.72. The molecular formula is C27H34ClFN6O4. The number of hydrogen-bond acceptors (Lipinski definition) is 9. The molecule has 6 rings (SSSR count). The van der Waals surface area contributed by atoms with Crippen LogP contribution >= 0.6 is 11.6 Å². The van der Waals surface area contributed by atoms with Crippen LogP contribution in [-0.4, -0.2) is 87.0 Å². The van der Waals surface area contributed by atoms with Crippen molar-refractivity contribution < 1.29 is 23.7 Å². The number of nitrogens with one attached hydrogen (secondary N) is 1. The van der Waals surface area contributed by atoms with Gasteiger partial charge in [0.15, 0.2) is 12.1 Å². The molecule has 3 fully saturated rings. The van der Waals surface area contributed by atoms with E-state index in [1.807, 2.05) is 6.07 Å². The molecule has 2 N–H and O–H groups in total. The van der Waals surface area contributed by atoms with Crippen molar-refractivity contribution in [3.63, 3.8) is 0 Å². The van der Waals surface area contributed by atoms with Crippen LogP contribution in [0, 0.1) is 5.82 Å². The van der Waals surface area contributed by atoms with Crippen molar-refractivity contribution in [2.45, 2.75) is 70.2 Å². The zero-order valence-electron chi connectivity index (χ0n) is 22.5. The van der Waals surface area contributed by atoms with Crippen molar-refractivity contribution >= 4 is 28.6 Å². The van der Waals surface area contributed by atoms with Gasteiger partial charge in [0.25, 0.3) is 0 Å². The van der Waals surface area contributed by atoms with Gasteiger partial charge in [-0.1, -0.05) is 11.6 Å². The number of ether oxygens (including phenoxy) is 3. The van der Waals surface area contributed by atoms with E-state index in [0.717, 1.165) is 18.9 Å². The molecule has 2 aromatic heterocycles. The molecule has 1 aromatic carbocycles. The number of nitrogens with zero attached hydrogens (tertiary/aromatic N) is 5. The number of anilines is 1. The Balaban J connectivity index is 1.38. The summed E-state index contributed by atoms with van der Waals surface area (Å²) in [5.41, 5.74) is 1.46. The highest BCUT2D eigenvalue weighted by atomic mass is 35.5. The topological polar surface area (TPSA) is 107 Å². The minimum absolute atomic E-state index is 0.0330. The first-order valence-electron chi connectivity index (χ1n) is 13.4. The van der Waals surface area contributed by atoms with Crippen LogP contribution in [0.25, 0.3) is 22.3 Å². The molecule has 10 nitrogen and oxygen atoms in total. The molecule has 0 spiro atoms. The van der Waals surface area contributed by atoms with E-state index in [2.05, 4.69) is 52.4 Å². The molecule has 0 saturated carbocycles. The summed E-state index contributed by atoms with van der Waals surface area (Å²) in [6.07, 6.45) is 0.407. The molecule has 5 heterocycles. The lowest BCUT2D eigenvalue weighted by molar-refractivity contribution is -0.156. The van der Waals surface area contributed by atoms with E-state index >= 15 is 4.39 Å². The van der Waals surface area contributed by atoms with Gasteiger partial charge in [0.2, 0.25) is 5.95 Å². The molecule has 3 aliphatic rings. The van der Waals surface area contributed by atoms with Crippen molar-refractivity contribution in [2.75, 3.05) is 38.2 Å². The van der Waals surface area contributed by atoms with Gasteiger partial charge in [0.1, 0.15) is 17.4 Å². The summed E-state index contributed by atoms with van der Waals surface area (Å²) >= 11 is 6.54. The second kappa shape index (κ2) is 10.2. The lowest BCUT2D eigenvalue weighted by atomic mass is 10.0. The summed E-state index contributed by atoms with van der Waals surface area (Å²) in [6.45, 7) is 11.7. The van der Waals surface area contributed by atoms with Crippen LogP contribution in [0.4, 0.5) is 10.3 Å². The number of aliphatic hydroxyl groups is 1. The number of aliphatic hydroxyl groups excluding tert-OH is 1. The van der Waals surface area contributed by atoms with Crippen LogP contribution in [0.3, 0.4) is 0 Å². The second-order valence-corrected chi connectivity index (χ2v) is 11.6. The maximum atomic E-state index is 15.7. The third kappa shape index (κ3) is 4.79. The Morgan fingerprint density at radius 2 is 1.97 bits per heavy atom. The molecule has 0 radical (unpaired) electrons. The van der Waals surface area contributed by atoms with Gasteiger partial charge in [0, 0.05) is 24.7 Å².